The Morgan fingerprint density at radius 1 is 0.860 bits per heavy atom. The van der Waals surface area contributed by atoms with E-state index in [1.165, 1.54) is 23.5 Å². The fourth-order valence-corrected chi connectivity index (χ4v) is 10.2. The second kappa shape index (κ2) is 16.1. The lowest BCUT2D eigenvalue weighted by Gasteiger charge is -2.42. The van der Waals surface area contributed by atoms with Crippen molar-refractivity contribution < 1.29 is 37.8 Å². The average molecular weight is 797 g/mol. The molecule has 2 aliphatic heterocycles. The van der Waals surface area contributed by atoms with Crippen LogP contribution in [0.25, 0.3) is 0 Å². The van der Waals surface area contributed by atoms with Crippen molar-refractivity contribution in [2.24, 2.45) is 5.41 Å². The van der Waals surface area contributed by atoms with Gasteiger partial charge in [-0.05, 0) is 117 Å². The van der Waals surface area contributed by atoms with Gasteiger partial charge in [0.15, 0.2) is 0 Å². The van der Waals surface area contributed by atoms with Gasteiger partial charge in [0, 0.05) is 60.5 Å². The van der Waals surface area contributed by atoms with Crippen LogP contribution in [0.4, 0.5) is 19.5 Å². The van der Waals surface area contributed by atoms with Crippen LogP contribution in [0.3, 0.4) is 0 Å². The first kappa shape index (κ1) is 38.9. The van der Waals surface area contributed by atoms with E-state index < -0.39 is 23.5 Å². The molecule has 2 unspecified atom stereocenters. The molecule has 0 spiro atoms. The molecule has 2 aliphatic carbocycles. The van der Waals surface area contributed by atoms with E-state index in [4.69, 9.17) is 9.84 Å². The number of thiophene rings is 1. The summed E-state index contributed by atoms with van der Waals surface area (Å²) in [6.45, 7) is 2.68. The first-order valence-corrected chi connectivity index (χ1v) is 20.5. The van der Waals surface area contributed by atoms with Gasteiger partial charge < -0.3 is 25.4 Å². The number of likely N-dealkylation sites (tertiary alicyclic amines) is 1. The number of rotatable bonds is 13. The molecule has 1 saturated carbocycles. The second-order valence-corrected chi connectivity index (χ2v) is 17.1. The Morgan fingerprint density at radius 3 is 2.23 bits per heavy atom. The summed E-state index contributed by atoms with van der Waals surface area (Å²) in [4.78, 5) is 57.9. The number of halogens is 2. The van der Waals surface area contributed by atoms with Crippen LogP contribution in [0.15, 0.2) is 60.7 Å². The number of nitrogens with zero attached hydrogens (tertiary/aromatic N) is 2. The molecule has 3 heterocycles. The monoisotopic (exact) mass is 796 g/mol. The molecule has 10 nitrogen and oxygen atoms in total. The lowest BCUT2D eigenvalue weighted by atomic mass is 9.95. The summed E-state index contributed by atoms with van der Waals surface area (Å²) in [6.07, 6.45) is 7.37. The van der Waals surface area contributed by atoms with Gasteiger partial charge in [0.25, 0.3) is 11.8 Å². The summed E-state index contributed by atoms with van der Waals surface area (Å²) in [5, 5.41) is 15.2. The highest BCUT2D eigenvalue weighted by atomic mass is 32.1. The van der Waals surface area contributed by atoms with E-state index in [0.717, 1.165) is 91.7 Å². The fourth-order valence-electron chi connectivity index (χ4n) is 8.90. The first-order valence-electron chi connectivity index (χ1n) is 19.7. The van der Waals surface area contributed by atoms with Gasteiger partial charge in [-0.3, -0.25) is 19.3 Å². The number of amides is 3. The molecule has 3 aromatic carbocycles. The number of carbonyl (C=O) groups is 4. The molecule has 3 amide bonds. The van der Waals surface area contributed by atoms with Gasteiger partial charge in [-0.2, -0.15) is 0 Å². The number of carboxylic acid groups (broad SMARTS) is 1. The largest absolute Gasteiger partial charge is 0.478 e. The van der Waals surface area contributed by atoms with Crippen molar-refractivity contribution in [2.75, 3.05) is 37.4 Å². The summed E-state index contributed by atoms with van der Waals surface area (Å²) in [7, 11) is 1.66. The zero-order chi connectivity index (χ0) is 39.8. The van der Waals surface area contributed by atoms with Gasteiger partial charge in [-0.15, -0.1) is 11.3 Å². The Bertz CT molecular complexity index is 2180. The maximum atomic E-state index is 15.3. The van der Waals surface area contributed by atoms with Gasteiger partial charge in [-0.1, -0.05) is 24.3 Å². The van der Waals surface area contributed by atoms with Crippen LogP contribution >= 0.6 is 11.3 Å². The predicted molar refractivity (Wildman–Crippen MR) is 213 cm³/mol. The Balaban J connectivity index is 0.931. The zero-order valence-corrected chi connectivity index (χ0v) is 32.7. The Kier molecular flexibility index (Phi) is 11.0. The molecular formula is C44H46F2N4O6S. The van der Waals surface area contributed by atoms with Crippen molar-refractivity contribution in [1.29, 1.82) is 0 Å². The number of aromatic carboxylic acids is 1. The lowest BCUT2D eigenvalue weighted by molar-refractivity contribution is -0.145. The van der Waals surface area contributed by atoms with Crippen LogP contribution in [-0.4, -0.2) is 77.5 Å². The highest BCUT2D eigenvalue weighted by molar-refractivity contribution is 7.17. The smallest absolute Gasteiger partial charge is 0.335 e. The van der Waals surface area contributed by atoms with Gasteiger partial charge in [0.05, 0.1) is 23.1 Å². The number of piperazine rings is 1. The summed E-state index contributed by atoms with van der Waals surface area (Å²) in [5.41, 5.74) is 2.95. The number of hydrogen-bond donors (Lipinski definition) is 3. The van der Waals surface area contributed by atoms with Gasteiger partial charge >= 0.3 is 5.97 Å². The summed E-state index contributed by atoms with van der Waals surface area (Å²) >= 11 is 1.37. The van der Waals surface area contributed by atoms with E-state index >= 15 is 8.78 Å². The maximum absolute atomic E-state index is 15.3. The third kappa shape index (κ3) is 8.10. The molecule has 2 bridgehead atoms. The normalized spacial score (nSPS) is 19.5. The summed E-state index contributed by atoms with van der Waals surface area (Å²) < 4.78 is 36.0. The van der Waals surface area contributed by atoms with E-state index in [0.29, 0.717) is 42.1 Å². The SMILES string of the molecule is COCC1(C(=O)N2C3CCC2CN(Cc2cccc(C(=O)Nc4sc5c(c4C(=O)Nc4cc(F)c(CCc6ccc(C(=O)O)cc6)c(F)c4)CCCC5)c2)C3)CC1. The number of ether oxygens (including phenoxy) is 1. The number of anilines is 2. The second-order valence-electron chi connectivity index (χ2n) is 15.9. The standard InChI is InChI=1S/C44H46F2N4O6S/c1-56-25-44(17-18-44)43(55)50-31-14-15-32(50)24-49(23-31)22-27-5-4-6-29(19-27)39(51)48-41-38(34-7-2-3-8-37(34)57-41)40(52)47-30-20-35(45)33(36(46)21-30)16-11-26-9-12-28(13-10-26)42(53)54/h4-6,9-10,12-13,19-21,31-32H,2-3,7-8,11,14-18,22-25H2,1H3,(H,47,52)(H,48,51)(H,53,54). The molecule has 4 aromatic rings. The van der Waals surface area contributed by atoms with E-state index in [2.05, 4.69) is 20.4 Å². The molecule has 298 valence electrons. The number of benzene rings is 3. The number of nitrogens with one attached hydrogen (secondary N) is 2. The molecule has 0 radical (unpaired) electrons. The van der Waals surface area contributed by atoms with Crippen LogP contribution in [-0.2, 0) is 41.8 Å². The minimum atomic E-state index is -1.05. The van der Waals surface area contributed by atoms with Gasteiger partial charge in [0.1, 0.15) is 16.6 Å². The van der Waals surface area contributed by atoms with Crippen molar-refractivity contribution in [3.63, 3.8) is 0 Å². The fraction of sp³-hybridized carbons (Fsp3) is 0.409. The topological polar surface area (TPSA) is 128 Å². The molecule has 8 rings (SSSR count). The highest BCUT2D eigenvalue weighted by Gasteiger charge is 2.56. The molecule has 3 fully saturated rings. The van der Waals surface area contributed by atoms with E-state index in [9.17, 15) is 19.2 Å². The van der Waals surface area contributed by atoms with Crippen LogP contribution in [0, 0.1) is 17.0 Å². The number of fused-ring (bicyclic) bond motifs is 3. The quantitative estimate of drug-likeness (QED) is 0.128. The number of hydrogen-bond acceptors (Lipinski definition) is 7. The van der Waals surface area contributed by atoms with Crippen molar-refractivity contribution in [1.82, 2.24) is 9.80 Å². The van der Waals surface area contributed by atoms with Gasteiger partial charge in [0.2, 0.25) is 5.91 Å². The first-order chi connectivity index (χ1) is 27.5. The Morgan fingerprint density at radius 2 is 1.56 bits per heavy atom. The van der Waals surface area contributed by atoms with E-state index in [1.54, 1.807) is 25.3 Å². The average Bonchev–Trinajstić information content (AvgIpc) is 3.81. The minimum absolute atomic E-state index is 0.0362. The van der Waals surface area contributed by atoms with E-state index in [1.807, 2.05) is 18.2 Å². The van der Waals surface area contributed by atoms with Crippen LogP contribution < -0.4 is 10.6 Å². The van der Waals surface area contributed by atoms with Crippen LogP contribution in [0.2, 0.25) is 0 Å². The van der Waals surface area contributed by atoms with Crippen LogP contribution in [0.1, 0.15) is 96.7 Å². The molecule has 13 heteroatoms. The molecule has 4 aliphatic rings. The molecule has 2 atom stereocenters. The molecule has 2 saturated heterocycles. The van der Waals surface area contributed by atoms with Gasteiger partial charge in [-0.25, -0.2) is 13.6 Å². The summed E-state index contributed by atoms with van der Waals surface area (Å²) in [6, 6.07) is 16.2. The van der Waals surface area contributed by atoms with Crippen molar-refractivity contribution in [3.05, 3.63) is 116 Å². The molecule has 3 N–H and O–H groups in total. The number of methoxy groups -OCH3 is 1. The highest BCUT2D eigenvalue weighted by Crippen LogP contribution is 2.49. The number of carbonyl (C=O) groups excluding carboxylic acids is 3. The molecule has 57 heavy (non-hydrogen) atoms. The van der Waals surface area contributed by atoms with E-state index in [-0.39, 0.29) is 52.5 Å². The molecular weight excluding hydrogens is 751 g/mol. The van der Waals surface area contributed by atoms with Crippen molar-refractivity contribution in [3.8, 4) is 0 Å². The number of carboxylic acids is 1. The minimum Gasteiger partial charge on any atom is -0.478 e. The summed E-state index contributed by atoms with van der Waals surface area (Å²) in [5.74, 6) is -3.32. The number of aryl methyl sites for hydroxylation is 2. The third-order valence-corrected chi connectivity index (χ3v) is 13.2. The maximum Gasteiger partial charge on any atom is 0.335 e. The third-order valence-electron chi connectivity index (χ3n) is 12.0. The van der Waals surface area contributed by atoms with Crippen LogP contribution in [0.5, 0.6) is 0 Å². The van der Waals surface area contributed by atoms with Crippen molar-refractivity contribution >= 4 is 45.7 Å². The Labute approximate surface area is 334 Å². The molecule has 1 aromatic heterocycles. The van der Waals surface area contributed by atoms with Crippen molar-refractivity contribution in [2.45, 2.75) is 82.8 Å². The zero-order valence-electron chi connectivity index (χ0n) is 31.9. The lowest BCUT2D eigenvalue weighted by Crippen LogP contribution is -2.57. The Hall–Kier alpha value is -4.98. The predicted octanol–water partition coefficient (Wildman–Crippen LogP) is 7.49.